The van der Waals surface area contributed by atoms with Gasteiger partial charge >= 0.3 is 6.09 Å². The zero-order chi connectivity index (χ0) is 17.3. The van der Waals surface area contributed by atoms with Crippen molar-refractivity contribution in [3.63, 3.8) is 0 Å². The molecule has 124 valence electrons. The van der Waals surface area contributed by atoms with Crippen LogP contribution in [0.4, 0.5) is 14.9 Å². The molecule has 0 aliphatic carbocycles. The summed E-state index contributed by atoms with van der Waals surface area (Å²) in [6.45, 7) is 5.34. The molecule has 1 aromatic carbocycles. The summed E-state index contributed by atoms with van der Waals surface area (Å²) < 4.78 is 20.0. The van der Waals surface area contributed by atoms with Crippen LogP contribution in [0.3, 0.4) is 0 Å². The molecule has 1 N–H and O–H groups in total. The maximum atomic E-state index is 13.7. The van der Waals surface area contributed by atoms with Gasteiger partial charge in [0, 0.05) is 21.9 Å². The Morgan fingerprint density at radius 3 is 2.79 bits per heavy atom. The maximum absolute atomic E-state index is 13.7. The van der Waals surface area contributed by atoms with Crippen molar-refractivity contribution in [1.82, 2.24) is 4.98 Å². The first kappa shape index (κ1) is 16.4. The fourth-order valence-electron chi connectivity index (χ4n) is 2.37. The molecule has 0 aliphatic heterocycles. The highest BCUT2D eigenvalue weighted by atomic mass is 32.1. The van der Waals surface area contributed by atoms with Crippen molar-refractivity contribution in [2.24, 2.45) is 0 Å². The molecule has 24 heavy (non-hydrogen) atoms. The summed E-state index contributed by atoms with van der Waals surface area (Å²) in [7, 11) is 0. The molecule has 4 nitrogen and oxygen atoms in total. The summed E-state index contributed by atoms with van der Waals surface area (Å²) in [6.07, 6.45) is 0.705. The number of nitrogens with zero attached hydrogens (tertiary/aromatic N) is 1. The number of aromatic nitrogens is 1. The molecule has 2 heterocycles. The second kappa shape index (κ2) is 6.20. The van der Waals surface area contributed by atoms with Gasteiger partial charge in [-0.05, 0) is 37.6 Å². The molecule has 0 unspecified atom stereocenters. The van der Waals surface area contributed by atoms with Crippen molar-refractivity contribution >= 4 is 33.2 Å². The van der Waals surface area contributed by atoms with E-state index in [9.17, 15) is 9.18 Å². The van der Waals surface area contributed by atoms with Crippen LogP contribution in [0.1, 0.15) is 20.8 Å². The number of benzene rings is 1. The number of hydrogen-bond donors (Lipinski definition) is 1. The van der Waals surface area contributed by atoms with Crippen molar-refractivity contribution in [1.29, 1.82) is 0 Å². The summed E-state index contributed by atoms with van der Waals surface area (Å²) in [5.41, 5.74) is 1.20. The molecule has 3 rings (SSSR count). The van der Waals surface area contributed by atoms with E-state index in [4.69, 9.17) is 4.74 Å². The van der Waals surface area contributed by atoms with Crippen LogP contribution in [-0.4, -0.2) is 16.7 Å². The Balaban J connectivity index is 2.03. The molecule has 0 bridgehead atoms. The fourth-order valence-corrected chi connectivity index (χ4v) is 3.30. The number of hydrogen-bond acceptors (Lipinski definition) is 4. The number of rotatable bonds is 2. The molecule has 1 amide bonds. The second-order valence-electron chi connectivity index (χ2n) is 6.32. The summed E-state index contributed by atoms with van der Waals surface area (Å²) in [5.74, 6) is -0.603. The minimum Gasteiger partial charge on any atom is -0.444 e. The van der Waals surface area contributed by atoms with Crippen molar-refractivity contribution in [2.75, 3.05) is 5.32 Å². The van der Waals surface area contributed by atoms with Gasteiger partial charge in [-0.3, -0.25) is 5.32 Å². The van der Waals surface area contributed by atoms with Crippen molar-refractivity contribution in [2.45, 2.75) is 26.4 Å². The lowest BCUT2D eigenvalue weighted by atomic mass is 10.0. The maximum Gasteiger partial charge on any atom is 0.412 e. The summed E-state index contributed by atoms with van der Waals surface area (Å²) in [6, 6.07) is 9.12. The third-order valence-corrected chi connectivity index (χ3v) is 4.24. The number of ether oxygens (including phenoxy) is 1. The Labute approximate surface area is 143 Å². The van der Waals surface area contributed by atoms with E-state index in [1.54, 1.807) is 32.1 Å². The average molecular weight is 344 g/mol. The SMILES string of the molecule is CC(C)(C)OC(=O)Nc1cnc(F)cc1-c1cccc2ccsc12. The van der Waals surface area contributed by atoms with E-state index in [0.717, 1.165) is 15.6 Å². The highest BCUT2D eigenvalue weighted by Gasteiger charge is 2.19. The first-order valence-corrected chi connectivity index (χ1v) is 8.33. The lowest BCUT2D eigenvalue weighted by Gasteiger charge is -2.20. The van der Waals surface area contributed by atoms with Gasteiger partial charge in [-0.25, -0.2) is 9.78 Å². The van der Waals surface area contributed by atoms with Crippen LogP contribution in [0.5, 0.6) is 0 Å². The van der Waals surface area contributed by atoms with E-state index in [-0.39, 0.29) is 0 Å². The number of anilines is 1. The minimum absolute atomic E-state index is 0.409. The Hall–Kier alpha value is -2.47. The molecule has 0 saturated heterocycles. The van der Waals surface area contributed by atoms with Crippen LogP contribution < -0.4 is 5.32 Å². The van der Waals surface area contributed by atoms with Crippen molar-refractivity contribution in [3.05, 3.63) is 47.9 Å². The number of pyridine rings is 1. The van der Waals surface area contributed by atoms with Gasteiger partial charge in [-0.2, -0.15) is 4.39 Å². The summed E-state index contributed by atoms with van der Waals surface area (Å²) in [4.78, 5) is 15.7. The Kier molecular flexibility index (Phi) is 4.24. The quantitative estimate of drug-likeness (QED) is 0.629. The van der Waals surface area contributed by atoms with Gasteiger partial charge in [-0.1, -0.05) is 18.2 Å². The van der Waals surface area contributed by atoms with Crippen LogP contribution in [0.2, 0.25) is 0 Å². The topological polar surface area (TPSA) is 51.2 Å². The smallest absolute Gasteiger partial charge is 0.412 e. The fraction of sp³-hybridized carbons (Fsp3) is 0.222. The van der Waals surface area contributed by atoms with E-state index in [1.165, 1.54) is 12.3 Å². The Morgan fingerprint density at radius 1 is 1.25 bits per heavy atom. The molecule has 0 aliphatic rings. The number of carbonyl (C=O) groups excluding carboxylic acids is 1. The van der Waals surface area contributed by atoms with E-state index < -0.39 is 17.6 Å². The molecule has 2 aromatic heterocycles. The molecule has 6 heteroatoms. The highest BCUT2D eigenvalue weighted by Crippen LogP contribution is 2.36. The largest absolute Gasteiger partial charge is 0.444 e. The summed E-state index contributed by atoms with van der Waals surface area (Å²) in [5, 5.41) is 5.71. The normalized spacial score (nSPS) is 11.5. The van der Waals surface area contributed by atoms with Crippen LogP contribution in [-0.2, 0) is 4.74 Å². The molecule has 0 saturated carbocycles. The van der Waals surface area contributed by atoms with Gasteiger partial charge in [0.1, 0.15) is 5.60 Å². The van der Waals surface area contributed by atoms with E-state index in [1.807, 2.05) is 29.6 Å². The Morgan fingerprint density at radius 2 is 2.04 bits per heavy atom. The monoisotopic (exact) mass is 344 g/mol. The molecule has 0 spiro atoms. The number of carbonyl (C=O) groups is 1. The van der Waals surface area contributed by atoms with Crippen LogP contribution in [0.15, 0.2) is 41.9 Å². The lowest BCUT2D eigenvalue weighted by Crippen LogP contribution is -2.27. The highest BCUT2D eigenvalue weighted by molar-refractivity contribution is 7.17. The molecular weight excluding hydrogens is 327 g/mol. The number of amides is 1. The van der Waals surface area contributed by atoms with Crippen molar-refractivity contribution < 1.29 is 13.9 Å². The zero-order valence-corrected chi connectivity index (χ0v) is 14.4. The standard InChI is InChI=1S/C18H17FN2O2S/c1-18(2,3)23-17(22)21-14-10-20-15(19)9-13(14)12-6-4-5-11-7-8-24-16(11)12/h4-10H,1-3H3,(H,21,22). The van der Waals surface area contributed by atoms with Gasteiger partial charge < -0.3 is 4.74 Å². The van der Waals surface area contributed by atoms with Crippen LogP contribution in [0.25, 0.3) is 21.2 Å². The zero-order valence-electron chi connectivity index (χ0n) is 13.6. The van der Waals surface area contributed by atoms with Gasteiger partial charge in [0.2, 0.25) is 5.95 Å². The van der Waals surface area contributed by atoms with Gasteiger partial charge in [0.05, 0.1) is 11.9 Å². The molecule has 3 aromatic rings. The van der Waals surface area contributed by atoms with E-state index in [2.05, 4.69) is 10.3 Å². The molecule has 0 radical (unpaired) electrons. The average Bonchev–Trinajstić information content (AvgIpc) is 2.95. The third-order valence-electron chi connectivity index (χ3n) is 3.28. The van der Waals surface area contributed by atoms with Crippen LogP contribution in [0, 0.1) is 5.95 Å². The first-order valence-electron chi connectivity index (χ1n) is 7.46. The van der Waals surface area contributed by atoms with E-state index >= 15 is 0 Å². The third kappa shape index (κ3) is 3.54. The van der Waals surface area contributed by atoms with Gasteiger partial charge in [0.15, 0.2) is 0 Å². The van der Waals surface area contributed by atoms with Gasteiger partial charge in [0.25, 0.3) is 0 Å². The number of nitrogens with one attached hydrogen (secondary N) is 1. The molecular formula is C18H17FN2O2S. The summed E-state index contributed by atoms with van der Waals surface area (Å²) >= 11 is 1.57. The lowest BCUT2D eigenvalue weighted by molar-refractivity contribution is 0.0636. The number of fused-ring (bicyclic) bond motifs is 1. The Bertz CT molecular complexity index is 899. The van der Waals surface area contributed by atoms with Crippen molar-refractivity contribution in [3.8, 4) is 11.1 Å². The van der Waals surface area contributed by atoms with Gasteiger partial charge in [-0.15, -0.1) is 11.3 Å². The molecule has 0 fully saturated rings. The molecule has 0 atom stereocenters. The van der Waals surface area contributed by atoms with Crippen LogP contribution >= 0.6 is 11.3 Å². The minimum atomic E-state index is -0.620. The predicted molar refractivity (Wildman–Crippen MR) is 94.9 cm³/mol. The predicted octanol–water partition coefficient (Wildman–Crippen LogP) is 5.45. The van der Waals surface area contributed by atoms with E-state index in [0.29, 0.717) is 11.3 Å². The first-order chi connectivity index (χ1) is 11.3. The second-order valence-corrected chi connectivity index (χ2v) is 7.24. The number of thiophene rings is 1. The number of halogens is 1.